The van der Waals surface area contributed by atoms with Crippen LogP contribution in [0, 0.1) is 5.92 Å². The first-order chi connectivity index (χ1) is 16.0. The van der Waals surface area contributed by atoms with Gasteiger partial charge in [-0.05, 0) is 43.7 Å². The van der Waals surface area contributed by atoms with Crippen LogP contribution in [-0.2, 0) is 15.8 Å². The van der Waals surface area contributed by atoms with Crippen molar-refractivity contribution in [2.75, 3.05) is 11.6 Å². The van der Waals surface area contributed by atoms with E-state index in [4.69, 9.17) is 4.74 Å². The van der Waals surface area contributed by atoms with Crippen molar-refractivity contribution in [3.63, 3.8) is 0 Å². The average molecular weight is 493 g/mol. The Hall–Kier alpha value is -3.08. The van der Waals surface area contributed by atoms with Gasteiger partial charge >= 0.3 is 5.92 Å². The second-order valence-corrected chi connectivity index (χ2v) is 10.7. The summed E-state index contributed by atoms with van der Waals surface area (Å²) in [6.07, 6.45) is 5.80. The van der Waals surface area contributed by atoms with Crippen LogP contribution in [0.3, 0.4) is 0 Å². The van der Waals surface area contributed by atoms with Crippen molar-refractivity contribution < 1.29 is 26.7 Å². The maximum absolute atomic E-state index is 14.2. The van der Waals surface area contributed by atoms with Crippen LogP contribution in [0.1, 0.15) is 48.8 Å². The van der Waals surface area contributed by atoms with Crippen molar-refractivity contribution in [3.8, 4) is 11.6 Å². The van der Waals surface area contributed by atoms with E-state index >= 15 is 0 Å². The molecule has 4 rings (SSSR count). The Morgan fingerprint density at radius 2 is 1.85 bits per heavy atom. The van der Waals surface area contributed by atoms with E-state index in [0.29, 0.717) is 12.7 Å². The zero-order valence-electron chi connectivity index (χ0n) is 18.8. The molecule has 2 aliphatic rings. The van der Waals surface area contributed by atoms with Gasteiger partial charge < -0.3 is 15.4 Å². The van der Waals surface area contributed by atoms with E-state index < -0.39 is 33.5 Å². The van der Waals surface area contributed by atoms with Gasteiger partial charge in [-0.1, -0.05) is 24.3 Å². The van der Waals surface area contributed by atoms with E-state index in [-0.39, 0.29) is 29.2 Å². The van der Waals surface area contributed by atoms with Crippen LogP contribution in [0.4, 0.5) is 14.6 Å². The summed E-state index contributed by atoms with van der Waals surface area (Å²) in [7, 11) is -3.39. The Kier molecular flexibility index (Phi) is 6.57. The molecule has 0 saturated heterocycles. The highest BCUT2D eigenvalue weighted by atomic mass is 32.2. The normalized spacial score (nSPS) is 17.4. The van der Waals surface area contributed by atoms with E-state index in [2.05, 4.69) is 20.6 Å². The molecule has 2 aliphatic carbocycles. The summed E-state index contributed by atoms with van der Waals surface area (Å²) < 4.78 is 57.4. The number of carbonyl (C=O) groups excluding carboxylic acids is 1. The first-order valence-corrected chi connectivity index (χ1v) is 12.9. The van der Waals surface area contributed by atoms with Gasteiger partial charge in [0.25, 0.3) is 5.91 Å². The molecule has 34 heavy (non-hydrogen) atoms. The van der Waals surface area contributed by atoms with Crippen molar-refractivity contribution in [1.29, 1.82) is 0 Å². The number of ether oxygens (including phenoxy) is 1. The highest BCUT2D eigenvalue weighted by molar-refractivity contribution is 7.93. The minimum atomic E-state index is -3.39. The maximum Gasteiger partial charge on any atom is 0.304 e. The lowest BCUT2D eigenvalue weighted by molar-refractivity contribution is 0.00724. The fourth-order valence-electron chi connectivity index (χ4n) is 3.27. The topological polar surface area (TPSA) is 110 Å². The SMILES string of the molecule is CC(F)(F)c1nc(NC2CC2)c(C(=O)N[C@H](/C=C/S(C)(=O)=O)C2CC2)c(Oc2ccccc2)n1. The number of aromatic nitrogens is 2. The number of benzene rings is 1. The molecule has 1 atom stereocenters. The molecule has 2 fully saturated rings. The van der Waals surface area contributed by atoms with E-state index in [1.165, 1.54) is 6.08 Å². The molecule has 1 heterocycles. The molecule has 1 aromatic carbocycles. The molecule has 2 saturated carbocycles. The van der Waals surface area contributed by atoms with E-state index in [1.54, 1.807) is 30.3 Å². The lowest BCUT2D eigenvalue weighted by atomic mass is 10.1. The van der Waals surface area contributed by atoms with Crippen LogP contribution in [0.2, 0.25) is 0 Å². The summed E-state index contributed by atoms with van der Waals surface area (Å²) in [5, 5.41) is 6.90. The third-order valence-electron chi connectivity index (χ3n) is 5.33. The van der Waals surface area contributed by atoms with Gasteiger partial charge in [-0.15, -0.1) is 0 Å². The molecule has 0 radical (unpaired) electrons. The van der Waals surface area contributed by atoms with Crippen LogP contribution in [-0.4, -0.2) is 42.6 Å². The number of halogens is 2. The van der Waals surface area contributed by atoms with E-state index in [0.717, 1.165) is 37.3 Å². The molecule has 0 unspecified atom stereocenters. The number of amides is 1. The van der Waals surface area contributed by atoms with Gasteiger partial charge in [0.05, 0.1) is 6.04 Å². The van der Waals surface area contributed by atoms with Crippen LogP contribution in [0.25, 0.3) is 0 Å². The molecule has 0 aliphatic heterocycles. The molecule has 2 aromatic rings. The van der Waals surface area contributed by atoms with Crippen molar-refractivity contribution in [2.24, 2.45) is 5.92 Å². The Balaban J connectivity index is 1.74. The van der Waals surface area contributed by atoms with E-state index in [9.17, 15) is 22.0 Å². The minimum Gasteiger partial charge on any atom is -0.438 e. The Morgan fingerprint density at radius 1 is 1.18 bits per heavy atom. The monoisotopic (exact) mass is 492 g/mol. The van der Waals surface area contributed by atoms with Gasteiger partial charge in [-0.3, -0.25) is 4.79 Å². The summed E-state index contributed by atoms with van der Waals surface area (Å²) in [4.78, 5) is 21.3. The number of hydrogen-bond donors (Lipinski definition) is 2. The first kappa shape index (κ1) is 24.1. The number of rotatable bonds is 10. The summed E-state index contributed by atoms with van der Waals surface area (Å²) >= 11 is 0. The standard InChI is InChI=1S/C23H26F2N4O4S/c1-23(24,25)22-28-19(26-15-10-11-15)18(21(29-22)33-16-6-4-3-5-7-16)20(30)27-17(14-8-9-14)12-13-34(2,31)32/h3-7,12-15,17H,8-11H2,1-2H3,(H,27,30)(H,26,28,29)/b13-12+/t17-/m1/s1. The molecule has 11 heteroatoms. The quantitative estimate of drug-likeness (QED) is 0.515. The predicted molar refractivity (Wildman–Crippen MR) is 123 cm³/mol. The highest BCUT2D eigenvalue weighted by Gasteiger charge is 2.37. The van der Waals surface area contributed by atoms with Crippen molar-refractivity contribution in [2.45, 2.75) is 50.6 Å². The summed E-state index contributed by atoms with van der Waals surface area (Å²) in [5.74, 6) is -4.73. The molecule has 8 nitrogen and oxygen atoms in total. The summed E-state index contributed by atoms with van der Waals surface area (Å²) in [6.45, 7) is 0.675. The number of hydrogen-bond acceptors (Lipinski definition) is 7. The fourth-order valence-corrected chi connectivity index (χ4v) is 3.72. The third kappa shape index (κ3) is 6.49. The second-order valence-electron chi connectivity index (χ2n) is 8.79. The summed E-state index contributed by atoms with van der Waals surface area (Å²) in [5.41, 5.74) is -0.109. The molecule has 2 N–H and O–H groups in total. The zero-order valence-corrected chi connectivity index (χ0v) is 19.6. The number of carbonyl (C=O) groups is 1. The number of nitrogens with one attached hydrogen (secondary N) is 2. The third-order valence-corrected chi connectivity index (χ3v) is 5.98. The predicted octanol–water partition coefficient (Wildman–Crippen LogP) is 4.02. The van der Waals surface area contributed by atoms with Gasteiger partial charge in [0.2, 0.25) is 11.7 Å². The lowest BCUT2D eigenvalue weighted by Gasteiger charge is -2.20. The van der Waals surface area contributed by atoms with E-state index in [1.807, 2.05) is 0 Å². The Morgan fingerprint density at radius 3 is 2.41 bits per heavy atom. The maximum atomic E-state index is 14.2. The lowest BCUT2D eigenvalue weighted by Crippen LogP contribution is -2.36. The smallest absolute Gasteiger partial charge is 0.304 e. The van der Waals surface area contributed by atoms with Crippen LogP contribution >= 0.6 is 0 Å². The molecular weight excluding hydrogens is 466 g/mol. The molecule has 1 amide bonds. The van der Waals surface area contributed by atoms with Gasteiger partial charge in [-0.25, -0.2) is 13.4 Å². The largest absolute Gasteiger partial charge is 0.438 e. The van der Waals surface area contributed by atoms with Gasteiger partial charge in [-0.2, -0.15) is 13.8 Å². The molecule has 0 bridgehead atoms. The van der Waals surface area contributed by atoms with Gasteiger partial charge in [0, 0.05) is 24.6 Å². The average Bonchev–Trinajstić information content (AvgIpc) is 3.65. The minimum absolute atomic E-state index is 0.00807. The molecule has 0 spiro atoms. The number of anilines is 1. The molecule has 182 valence electrons. The van der Waals surface area contributed by atoms with Gasteiger partial charge in [0.1, 0.15) is 17.1 Å². The van der Waals surface area contributed by atoms with Crippen LogP contribution in [0.5, 0.6) is 11.6 Å². The summed E-state index contributed by atoms with van der Waals surface area (Å²) in [6, 6.07) is 7.86. The number of sulfone groups is 1. The molecule has 1 aromatic heterocycles. The number of nitrogens with zero attached hydrogens (tertiary/aromatic N) is 2. The van der Waals surface area contributed by atoms with Crippen molar-refractivity contribution in [3.05, 3.63) is 53.2 Å². The fraction of sp³-hybridized carbons (Fsp3) is 0.435. The highest BCUT2D eigenvalue weighted by Crippen LogP contribution is 2.37. The van der Waals surface area contributed by atoms with Crippen molar-refractivity contribution >= 4 is 21.6 Å². The van der Waals surface area contributed by atoms with Crippen molar-refractivity contribution in [1.82, 2.24) is 15.3 Å². The molecular formula is C23H26F2N4O4S. The zero-order chi connectivity index (χ0) is 24.5. The Bertz CT molecular complexity index is 1190. The van der Waals surface area contributed by atoms with Crippen LogP contribution < -0.4 is 15.4 Å². The number of alkyl halides is 2. The van der Waals surface area contributed by atoms with Gasteiger partial charge in [0.15, 0.2) is 9.84 Å². The second kappa shape index (κ2) is 9.28. The van der Waals surface area contributed by atoms with Crippen LogP contribution in [0.15, 0.2) is 41.8 Å². The first-order valence-electron chi connectivity index (χ1n) is 11.0. The number of para-hydroxylation sites is 1. The Labute approximate surface area is 196 Å².